The van der Waals surface area contributed by atoms with Crippen molar-refractivity contribution in [3.05, 3.63) is 66.1 Å². The van der Waals surface area contributed by atoms with Crippen molar-refractivity contribution in [2.24, 2.45) is 0 Å². The SMILES string of the molecule is CCN(CC)CCOc1ccc(Nc2ncc(-c3c(C)n[nH]c3C)c(Nc3ccccc3OC)n2)cc1. The zero-order valence-electron chi connectivity index (χ0n) is 22.1. The van der Waals surface area contributed by atoms with Crippen molar-refractivity contribution in [3.8, 4) is 22.6 Å². The third kappa shape index (κ3) is 6.37. The van der Waals surface area contributed by atoms with Gasteiger partial charge in [-0.2, -0.15) is 10.1 Å². The lowest BCUT2D eigenvalue weighted by molar-refractivity contribution is 0.223. The molecule has 3 N–H and O–H groups in total. The van der Waals surface area contributed by atoms with Gasteiger partial charge in [-0.05, 0) is 63.3 Å². The Morgan fingerprint density at radius 1 is 0.973 bits per heavy atom. The molecule has 9 nitrogen and oxygen atoms in total. The number of methoxy groups -OCH3 is 1. The highest BCUT2D eigenvalue weighted by molar-refractivity contribution is 5.82. The van der Waals surface area contributed by atoms with Gasteiger partial charge in [0.25, 0.3) is 0 Å². The molecule has 2 aromatic carbocycles. The molecule has 9 heteroatoms. The van der Waals surface area contributed by atoms with E-state index in [1.807, 2.05) is 68.6 Å². The highest BCUT2D eigenvalue weighted by Gasteiger charge is 2.17. The highest BCUT2D eigenvalue weighted by Crippen LogP contribution is 2.35. The number of aromatic amines is 1. The number of likely N-dealkylation sites (N-methyl/N-ethyl adjacent to an activating group) is 1. The molecule has 4 aromatic rings. The molecule has 0 atom stereocenters. The van der Waals surface area contributed by atoms with Crippen LogP contribution in [-0.4, -0.2) is 58.4 Å². The molecule has 0 fully saturated rings. The van der Waals surface area contributed by atoms with Crippen LogP contribution in [0.2, 0.25) is 0 Å². The van der Waals surface area contributed by atoms with E-state index in [0.717, 1.165) is 65.0 Å². The molecule has 0 saturated heterocycles. The Balaban J connectivity index is 1.55. The maximum Gasteiger partial charge on any atom is 0.229 e. The van der Waals surface area contributed by atoms with Crippen LogP contribution >= 0.6 is 0 Å². The number of aromatic nitrogens is 4. The molecule has 0 aliphatic carbocycles. The minimum absolute atomic E-state index is 0.468. The van der Waals surface area contributed by atoms with Gasteiger partial charge in [-0.25, -0.2) is 4.98 Å². The van der Waals surface area contributed by atoms with E-state index in [0.29, 0.717) is 18.4 Å². The summed E-state index contributed by atoms with van der Waals surface area (Å²) in [5.41, 5.74) is 5.30. The standard InChI is InChI=1S/C28H35N7O2/c1-6-35(7-2)16-17-37-22-14-12-21(13-15-22)30-28-29-18-23(26-19(3)33-34-20(26)4)27(32-28)31-24-10-8-9-11-25(24)36-5/h8-15,18H,6-7,16-17H2,1-5H3,(H,33,34)(H2,29,30,31,32). The third-order valence-corrected chi connectivity index (χ3v) is 6.23. The van der Waals surface area contributed by atoms with E-state index in [1.54, 1.807) is 7.11 Å². The Morgan fingerprint density at radius 2 is 1.73 bits per heavy atom. The molecule has 0 bridgehead atoms. The molecular weight excluding hydrogens is 466 g/mol. The molecule has 0 spiro atoms. The fraction of sp³-hybridized carbons (Fsp3) is 0.321. The van der Waals surface area contributed by atoms with Gasteiger partial charge in [-0.15, -0.1) is 0 Å². The number of anilines is 4. The molecular formula is C28H35N7O2. The van der Waals surface area contributed by atoms with Gasteiger partial charge >= 0.3 is 0 Å². The van der Waals surface area contributed by atoms with Gasteiger partial charge in [0, 0.05) is 35.2 Å². The van der Waals surface area contributed by atoms with Crippen LogP contribution in [0.25, 0.3) is 11.1 Å². The van der Waals surface area contributed by atoms with Crippen LogP contribution in [0.15, 0.2) is 54.7 Å². The monoisotopic (exact) mass is 501 g/mol. The van der Waals surface area contributed by atoms with Gasteiger partial charge in [-0.3, -0.25) is 5.10 Å². The van der Waals surface area contributed by atoms with Gasteiger partial charge in [0.2, 0.25) is 5.95 Å². The van der Waals surface area contributed by atoms with Crippen molar-refractivity contribution >= 4 is 23.1 Å². The summed E-state index contributed by atoms with van der Waals surface area (Å²) in [4.78, 5) is 11.7. The van der Waals surface area contributed by atoms with Crippen LogP contribution in [-0.2, 0) is 0 Å². The number of aryl methyl sites for hydroxylation is 2. The van der Waals surface area contributed by atoms with E-state index in [-0.39, 0.29) is 0 Å². The highest BCUT2D eigenvalue weighted by atomic mass is 16.5. The molecule has 0 radical (unpaired) electrons. The Hall–Kier alpha value is -4.11. The molecule has 2 heterocycles. The van der Waals surface area contributed by atoms with Crippen molar-refractivity contribution in [3.63, 3.8) is 0 Å². The first-order valence-corrected chi connectivity index (χ1v) is 12.5. The van der Waals surface area contributed by atoms with Crippen LogP contribution in [0, 0.1) is 13.8 Å². The van der Waals surface area contributed by atoms with Gasteiger partial charge in [0.05, 0.1) is 18.5 Å². The molecule has 4 rings (SSSR count). The van der Waals surface area contributed by atoms with Crippen LogP contribution in [0.5, 0.6) is 11.5 Å². The van der Waals surface area contributed by atoms with E-state index in [9.17, 15) is 0 Å². The summed E-state index contributed by atoms with van der Waals surface area (Å²) in [5.74, 6) is 2.67. The molecule has 0 saturated carbocycles. The number of para-hydroxylation sites is 2. The predicted octanol–water partition coefficient (Wildman–Crippen LogP) is 5.70. The van der Waals surface area contributed by atoms with Gasteiger partial charge in [0.1, 0.15) is 23.9 Å². The summed E-state index contributed by atoms with van der Waals surface area (Å²) in [6.07, 6.45) is 1.81. The predicted molar refractivity (Wildman–Crippen MR) is 148 cm³/mol. The van der Waals surface area contributed by atoms with Crippen LogP contribution in [0.1, 0.15) is 25.2 Å². The second kappa shape index (κ2) is 12.2. The van der Waals surface area contributed by atoms with Crippen molar-refractivity contribution < 1.29 is 9.47 Å². The summed E-state index contributed by atoms with van der Waals surface area (Å²) in [7, 11) is 1.65. The number of hydrogen-bond acceptors (Lipinski definition) is 8. The fourth-order valence-corrected chi connectivity index (χ4v) is 4.14. The van der Waals surface area contributed by atoms with E-state index in [2.05, 4.69) is 44.6 Å². The normalized spacial score (nSPS) is 11.0. The summed E-state index contributed by atoms with van der Waals surface area (Å²) < 4.78 is 11.4. The number of rotatable bonds is 12. The summed E-state index contributed by atoms with van der Waals surface area (Å²) >= 11 is 0. The molecule has 2 aromatic heterocycles. The topological polar surface area (TPSA) is 100 Å². The van der Waals surface area contributed by atoms with Gasteiger partial charge in [-0.1, -0.05) is 26.0 Å². The summed E-state index contributed by atoms with van der Waals surface area (Å²) in [6, 6.07) is 15.6. The number of H-pyrrole nitrogens is 1. The Labute approximate surface area is 218 Å². The minimum Gasteiger partial charge on any atom is -0.495 e. The number of nitrogens with zero attached hydrogens (tertiary/aromatic N) is 4. The van der Waals surface area contributed by atoms with E-state index >= 15 is 0 Å². The largest absolute Gasteiger partial charge is 0.495 e. The van der Waals surface area contributed by atoms with Gasteiger partial charge in [0.15, 0.2) is 0 Å². The van der Waals surface area contributed by atoms with Crippen molar-refractivity contribution in [2.75, 3.05) is 44.0 Å². The lowest BCUT2D eigenvalue weighted by Crippen LogP contribution is -2.27. The molecule has 0 unspecified atom stereocenters. The molecule has 0 amide bonds. The third-order valence-electron chi connectivity index (χ3n) is 6.23. The van der Waals surface area contributed by atoms with E-state index < -0.39 is 0 Å². The van der Waals surface area contributed by atoms with Gasteiger partial charge < -0.3 is 25.0 Å². The van der Waals surface area contributed by atoms with E-state index in [1.165, 1.54) is 0 Å². The maximum absolute atomic E-state index is 5.90. The molecule has 194 valence electrons. The van der Waals surface area contributed by atoms with Crippen LogP contribution in [0.4, 0.5) is 23.1 Å². The summed E-state index contributed by atoms with van der Waals surface area (Å²) in [5, 5.41) is 14.1. The van der Waals surface area contributed by atoms with Crippen molar-refractivity contribution in [1.82, 2.24) is 25.1 Å². The number of ether oxygens (including phenoxy) is 2. The Kier molecular flexibility index (Phi) is 8.58. The van der Waals surface area contributed by atoms with Crippen molar-refractivity contribution in [2.45, 2.75) is 27.7 Å². The first-order chi connectivity index (χ1) is 18.0. The van der Waals surface area contributed by atoms with E-state index in [4.69, 9.17) is 14.5 Å². The van der Waals surface area contributed by atoms with Crippen molar-refractivity contribution in [1.29, 1.82) is 0 Å². The quantitative estimate of drug-likeness (QED) is 0.227. The second-order valence-corrected chi connectivity index (χ2v) is 8.61. The molecule has 0 aliphatic heterocycles. The maximum atomic E-state index is 5.90. The number of nitrogens with one attached hydrogen (secondary N) is 3. The second-order valence-electron chi connectivity index (χ2n) is 8.61. The zero-order valence-corrected chi connectivity index (χ0v) is 22.1. The Morgan fingerprint density at radius 3 is 2.41 bits per heavy atom. The average molecular weight is 502 g/mol. The van der Waals surface area contributed by atoms with Crippen LogP contribution in [0.3, 0.4) is 0 Å². The van der Waals surface area contributed by atoms with Crippen LogP contribution < -0.4 is 20.1 Å². The minimum atomic E-state index is 0.468. The Bertz CT molecular complexity index is 1280. The molecule has 37 heavy (non-hydrogen) atoms. The lowest BCUT2D eigenvalue weighted by Gasteiger charge is -2.18. The first-order valence-electron chi connectivity index (χ1n) is 12.5. The lowest BCUT2D eigenvalue weighted by atomic mass is 10.1. The molecule has 0 aliphatic rings. The summed E-state index contributed by atoms with van der Waals surface area (Å²) in [6.45, 7) is 11.9. The average Bonchev–Trinajstić information content (AvgIpc) is 3.25. The number of benzene rings is 2. The number of hydrogen-bond donors (Lipinski definition) is 3. The fourth-order valence-electron chi connectivity index (χ4n) is 4.14. The zero-order chi connectivity index (χ0) is 26.2. The first kappa shape index (κ1) is 26.0. The smallest absolute Gasteiger partial charge is 0.229 e.